The first kappa shape index (κ1) is 19.1. The SMILES string of the molecule is COC(=O)c1ccc(N2CCCC2)c(NC(=O)NC[C@H]2Cc3ccccc3O2)c1. The van der Waals surface area contributed by atoms with E-state index >= 15 is 0 Å². The number of anilines is 2. The highest BCUT2D eigenvalue weighted by Crippen LogP contribution is 2.31. The minimum absolute atomic E-state index is 0.0856. The molecule has 2 aliphatic heterocycles. The lowest BCUT2D eigenvalue weighted by Gasteiger charge is -2.22. The molecule has 0 aliphatic carbocycles. The lowest BCUT2D eigenvalue weighted by Crippen LogP contribution is -2.37. The van der Waals surface area contributed by atoms with E-state index in [2.05, 4.69) is 15.5 Å². The molecule has 0 bridgehead atoms. The van der Waals surface area contributed by atoms with Gasteiger partial charge in [-0.1, -0.05) is 18.2 Å². The highest BCUT2D eigenvalue weighted by atomic mass is 16.5. The quantitative estimate of drug-likeness (QED) is 0.760. The van der Waals surface area contributed by atoms with Gasteiger partial charge in [0.2, 0.25) is 0 Å². The maximum absolute atomic E-state index is 12.5. The van der Waals surface area contributed by atoms with Crippen LogP contribution in [0.2, 0.25) is 0 Å². The largest absolute Gasteiger partial charge is 0.488 e. The van der Waals surface area contributed by atoms with Crippen molar-refractivity contribution in [3.8, 4) is 5.75 Å². The van der Waals surface area contributed by atoms with Crippen LogP contribution in [0, 0.1) is 0 Å². The van der Waals surface area contributed by atoms with Gasteiger partial charge in [0.1, 0.15) is 11.9 Å². The van der Waals surface area contributed by atoms with Crippen molar-refractivity contribution in [2.24, 2.45) is 0 Å². The fourth-order valence-electron chi connectivity index (χ4n) is 3.86. The van der Waals surface area contributed by atoms with Crippen molar-refractivity contribution in [2.45, 2.75) is 25.4 Å². The molecule has 2 amide bonds. The molecule has 0 aromatic heterocycles. The highest BCUT2D eigenvalue weighted by Gasteiger charge is 2.23. The van der Waals surface area contributed by atoms with Gasteiger partial charge in [-0.2, -0.15) is 0 Å². The van der Waals surface area contributed by atoms with E-state index in [-0.39, 0.29) is 12.1 Å². The molecule has 2 aromatic rings. The monoisotopic (exact) mass is 395 g/mol. The fourth-order valence-corrected chi connectivity index (χ4v) is 3.86. The second-order valence-corrected chi connectivity index (χ2v) is 7.30. The van der Waals surface area contributed by atoms with Gasteiger partial charge >= 0.3 is 12.0 Å². The molecule has 0 radical (unpaired) electrons. The van der Waals surface area contributed by atoms with Crippen molar-refractivity contribution in [1.82, 2.24) is 5.32 Å². The number of rotatable bonds is 5. The number of urea groups is 1. The van der Waals surface area contributed by atoms with Crippen molar-refractivity contribution in [3.63, 3.8) is 0 Å². The van der Waals surface area contributed by atoms with E-state index in [1.165, 1.54) is 7.11 Å². The van der Waals surface area contributed by atoms with Gasteiger partial charge in [-0.15, -0.1) is 0 Å². The third-order valence-corrected chi connectivity index (χ3v) is 5.32. The summed E-state index contributed by atoms with van der Waals surface area (Å²) in [5.74, 6) is 0.445. The zero-order valence-electron chi connectivity index (χ0n) is 16.4. The number of esters is 1. The number of nitrogens with zero attached hydrogens (tertiary/aromatic N) is 1. The minimum Gasteiger partial charge on any atom is -0.488 e. The van der Waals surface area contributed by atoms with Gasteiger partial charge in [-0.3, -0.25) is 0 Å². The molecule has 2 N–H and O–H groups in total. The fraction of sp³-hybridized carbons (Fsp3) is 0.364. The first-order chi connectivity index (χ1) is 14.1. The zero-order chi connectivity index (χ0) is 20.2. The molecule has 0 unspecified atom stereocenters. The Bertz CT molecular complexity index is 884. The number of hydrogen-bond donors (Lipinski definition) is 2. The average Bonchev–Trinajstić information content (AvgIpc) is 3.41. The summed E-state index contributed by atoms with van der Waals surface area (Å²) in [6.45, 7) is 2.26. The van der Waals surface area contributed by atoms with E-state index in [0.717, 1.165) is 49.4 Å². The van der Waals surface area contributed by atoms with Gasteiger partial charge in [0.25, 0.3) is 0 Å². The number of para-hydroxylation sites is 1. The summed E-state index contributed by atoms with van der Waals surface area (Å²) in [5.41, 5.74) is 3.07. The van der Waals surface area contributed by atoms with Crippen molar-refractivity contribution >= 4 is 23.4 Å². The number of carbonyl (C=O) groups excluding carboxylic acids is 2. The summed E-state index contributed by atoms with van der Waals surface area (Å²) in [4.78, 5) is 26.7. The molecule has 152 valence electrons. The molecule has 1 atom stereocenters. The van der Waals surface area contributed by atoms with Crippen LogP contribution in [0.25, 0.3) is 0 Å². The van der Waals surface area contributed by atoms with Gasteiger partial charge in [0.15, 0.2) is 0 Å². The van der Waals surface area contributed by atoms with E-state index in [1.807, 2.05) is 30.3 Å². The number of nitrogens with one attached hydrogen (secondary N) is 2. The predicted molar refractivity (Wildman–Crippen MR) is 111 cm³/mol. The van der Waals surface area contributed by atoms with Crippen molar-refractivity contribution in [3.05, 3.63) is 53.6 Å². The molecule has 7 heteroatoms. The first-order valence-corrected chi connectivity index (χ1v) is 9.91. The summed E-state index contributed by atoms with van der Waals surface area (Å²) < 4.78 is 10.7. The molecule has 29 heavy (non-hydrogen) atoms. The second kappa shape index (κ2) is 8.43. The molecular formula is C22H25N3O4. The van der Waals surface area contributed by atoms with Crippen LogP contribution in [0.4, 0.5) is 16.2 Å². The lowest BCUT2D eigenvalue weighted by atomic mass is 10.1. The maximum atomic E-state index is 12.5. The van der Waals surface area contributed by atoms with E-state index < -0.39 is 5.97 Å². The van der Waals surface area contributed by atoms with E-state index in [4.69, 9.17) is 9.47 Å². The van der Waals surface area contributed by atoms with Gasteiger partial charge in [-0.05, 0) is 42.7 Å². The van der Waals surface area contributed by atoms with Crippen molar-refractivity contribution in [1.29, 1.82) is 0 Å². The van der Waals surface area contributed by atoms with Crippen molar-refractivity contribution < 1.29 is 19.1 Å². The summed E-state index contributed by atoms with van der Waals surface area (Å²) in [6.07, 6.45) is 2.92. The number of methoxy groups -OCH3 is 1. The third kappa shape index (κ3) is 4.29. The Morgan fingerprint density at radius 1 is 1.17 bits per heavy atom. The topological polar surface area (TPSA) is 79.9 Å². The van der Waals surface area contributed by atoms with Crippen LogP contribution in [0.5, 0.6) is 5.75 Å². The van der Waals surface area contributed by atoms with E-state index in [9.17, 15) is 9.59 Å². The molecule has 2 heterocycles. The molecular weight excluding hydrogens is 370 g/mol. The number of amides is 2. The van der Waals surface area contributed by atoms with Gasteiger partial charge in [0, 0.05) is 19.5 Å². The Labute approximate surface area is 170 Å². The average molecular weight is 395 g/mol. The number of benzene rings is 2. The number of fused-ring (bicyclic) bond motifs is 1. The normalized spacial score (nSPS) is 17.4. The number of ether oxygens (including phenoxy) is 2. The van der Waals surface area contributed by atoms with E-state index in [1.54, 1.807) is 12.1 Å². The molecule has 1 fully saturated rings. The van der Waals surface area contributed by atoms with Crippen LogP contribution in [-0.2, 0) is 11.2 Å². The predicted octanol–water partition coefficient (Wildman–Crippen LogP) is 3.20. The first-order valence-electron chi connectivity index (χ1n) is 9.91. The Morgan fingerprint density at radius 2 is 1.97 bits per heavy atom. The Kier molecular flexibility index (Phi) is 5.55. The second-order valence-electron chi connectivity index (χ2n) is 7.30. The Hall–Kier alpha value is -3.22. The van der Waals surface area contributed by atoms with Crippen LogP contribution in [0.1, 0.15) is 28.8 Å². The molecule has 2 aliphatic rings. The molecule has 0 spiro atoms. The van der Waals surface area contributed by atoms with Crippen LogP contribution in [-0.4, -0.2) is 44.8 Å². The van der Waals surface area contributed by atoms with Crippen LogP contribution in [0.3, 0.4) is 0 Å². The smallest absolute Gasteiger partial charge is 0.337 e. The Morgan fingerprint density at radius 3 is 2.72 bits per heavy atom. The van der Waals surface area contributed by atoms with Gasteiger partial charge < -0.3 is 25.0 Å². The Balaban J connectivity index is 1.42. The maximum Gasteiger partial charge on any atom is 0.337 e. The summed E-state index contributed by atoms with van der Waals surface area (Å²) >= 11 is 0. The number of hydrogen-bond acceptors (Lipinski definition) is 5. The number of carbonyl (C=O) groups is 2. The molecule has 2 aromatic carbocycles. The third-order valence-electron chi connectivity index (χ3n) is 5.32. The zero-order valence-corrected chi connectivity index (χ0v) is 16.4. The summed E-state index contributed by atoms with van der Waals surface area (Å²) in [5, 5.41) is 5.78. The lowest BCUT2D eigenvalue weighted by molar-refractivity contribution is 0.0600. The summed E-state index contributed by atoms with van der Waals surface area (Å²) in [7, 11) is 1.34. The van der Waals surface area contributed by atoms with Gasteiger partial charge in [0.05, 0.1) is 30.6 Å². The van der Waals surface area contributed by atoms with Crippen molar-refractivity contribution in [2.75, 3.05) is 37.0 Å². The minimum atomic E-state index is -0.432. The van der Waals surface area contributed by atoms with Crippen LogP contribution < -0.4 is 20.3 Å². The van der Waals surface area contributed by atoms with Crippen LogP contribution in [0.15, 0.2) is 42.5 Å². The standard InChI is InChI=1S/C22H25N3O4/c1-28-21(26)16-8-9-19(25-10-4-5-11-25)18(13-16)24-22(27)23-14-17-12-15-6-2-3-7-20(15)29-17/h2-3,6-9,13,17H,4-5,10-12,14H2,1H3,(H2,23,24,27)/t17-/m1/s1. The molecule has 7 nitrogen and oxygen atoms in total. The van der Waals surface area contributed by atoms with Gasteiger partial charge in [-0.25, -0.2) is 9.59 Å². The van der Waals surface area contributed by atoms with E-state index in [0.29, 0.717) is 17.8 Å². The molecule has 1 saturated heterocycles. The molecule has 0 saturated carbocycles. The highest BCUT2D eigenvalue weighted by molar-refractivity contribution is 5.97. The molecule has 4 rings (SSSR count). The van der Waals surface area contributed by atoms with Crippen LogP contribution >= 0.6 is 0 Å². The summed E-state index contributed by atoms with van der Waals surface area (Å²) in [6, 6.07) is 12.8.